The number of nitrogens with zero attached hydrogens (tertiary/aromatic N) is 2. The summed E-state index contributed by atoms with van der Waals surface area (Å²) >= 11 is 0. The van der Waals surface area contributed by atoms with Crippen LogP contribution in [0, 0.1) is 29.1 Å². The molecule has 1 aliphatic heterocycles. The number of rotatable bonds is 2. The third-order valence-electron chi connectivity index (χ3n) is 3.98. The van der Waals surface area contributed by atoms with Crippen LogP contribution in [0.5, 0.6) is 0 Å². The highest BCUT2D eigenvalue weighted by molar-refractivity contribution is 5.68. The van der Waals surface area contributed by atoms with Crippen molar-refractivity contribution in [1.82, 2.24) is 4.90 Å². The highest BCUT2D eigenvalue weighted by Crippen LogP contribution is 2.43. The average Bonchev–Trinajstić information content (AvgIpc) is 3.13. The number of hydrogen-bond donors (Lipinski definition) is 0. The maximum Gasteiger partial charge on any atom is 0.410 e. The van der Waals surface area contributed by atoms with Gasteiger partial charge in [0.1, 0.15) is 5.60 Å². The Bertz CT molecular complexity index is 369. The van der Waals surface area contributed by atoms with Crippen molar-refractivity contribution in [2.24, 2.45) is 17.8 Å². The molecule has 0 aromatic heterocycles. The summed E-state index contributed by atoms with van der Waals surface area (Å²) in [6, 6.07) is 2.48. The van der Waals surface area contributed by atoms with Gasteiger partial charge in [0.05, 0.1) is 12.0 Å². The van der Waals surface area contributed by atoms with Crippen molar-refractivity contribution in [3.05, 3.63) is 0 Å². The summed E-state index contributed by atoms with van der Waals surface area (Å²) in [7, 11) is 0. The van der Waals surface area contributed by atoms with Gasteiger partial charge in [0, 0.05) is 13.1 Å². The van der Waals surface area contributed by atoms with Gasteiger partial charge in [-0.1, -0.05) is 0 Å². The average molecular weight is 264 g/mol. The van der Waals surface area contributed by atoms with Crippen molar-refractivity contribution < 1.29 is 9.53 Å². The third kappa shape index (κ3) is 3.86. The van der Waals surface area contributed by atoms with E-state index in [1.807, 2.05) is 20.8 Å². The molecule has 1 aliphatic carbocycles. The predicted octanol–water partition coefficient (Wildman–Crippen LogP) is 3.18. The van der Waals surface area contributed by atoms with Crippen molar-refractivity contribution in [2.45, 2.75) is 52.1 Å². The predicted molar refractivity (Wildman–Crippen MR) is 72.4 cm³/mol. The Balaban J connectivity index is 1.82. The van der Waals surface area contributed by atoms with Gasteiger partial charge in [0.25, 0.3) is 0 Å². The van der Waals surface area contributed by atoms with Crippen LogP contribution in [-0.4, -0.2) is 29.7 Å². The number of ether oxygens (including phenoxy) is 1. The lowest BCUT2D eigenvalue weighted by molar-refractivity contribution is 0.0166. The molecule has 2 fully saturated rings. The number of nitriles is 1. The zero-order valence-electron chi connectivity index (χ0n) is 12.2. The molecular weight excluding hydrogens is 240 g/mol. The van der Waals surface area contributed by atoms with Crippen LogP contribution in [0.1, 0.15) is 46.5 Å². The van der Waals surface area contributed by atoms with Gasteiger partial charge in [-0.2, -0.15) is 5.26 Å². The van der Waals surface area contributed by atoms with Gasteiger partial charge in [-0.25, -0.2) is 4.79 Å². The van der Waals surface area contributed by atoms with E-state index in [1.165, 1.54) is 12.8 Å². The number of hydrogen-bond acceptors (Lipinski definition) is 3. The number of carbonyl (C=O) groups is 1. The van der Waals surface area contributed by atoms with E-state index >= 15 is 0 Å². The molecule has 0 bridgehead atoms. The van der Waals surface area contributed by atoms with E-state index in [2.05, 4.69) is 6.07 Å². The Labute approximate surface area is 115 Å². The molecule has 1 atom stereocenters. The van der Waals surface area contributed by atoms with Gasteiger partial charge in [0.2, 0.25) is 0 Å². The summed E-state index contributed by atoms with van der Waals surface area (Å²) in [5.74, 6) is 1.31. The van der Waals surface area contributed by atoms with Gasteiger partial charge in [-0.3, -0.25) is 0 Å². The standard InChI is InChI=1S/C15H24N2O2/c1-15(2,3)19-14(18)17-8-6-12(7-9-17)13(10-16)11-4-5-11/h11-13H,4-9H2,1-3H3. The number of piperidine rings is 1. The fraction of sp³-hybridized carbons (Fsp3) is 0.867. The van der Waals surface area contributed by atoms with Crippen molar-refractivity contribution >= 4 is 6.09 Å². The molecule has 1 saturated carbocycles. The van der Waals surface area contributed by atoms with Crippen LogP contribution in [-0.2, 0) is 4.74 Å². The van der Waals surface area contributed by atoms with E-state index in [0.717, 1.165) is 25.9 Å². The first-order valence-electron chi connectivity index (χ1n) is 7.28. The first-order chi connectivity index (χ1) is 8.90. The van der Waals surface area contributed by atoms with Crippen molar-refractivity contribution in [3.63, 3.8) is 0 Å². The Morgan fingerprint density at radius 1 is 1.21 bits per heavy atom. The minimum absolute atomic E-state index is 0.209. The van der Waals surface area contributed by atoms with Gasteiger partial charge >= 0.3 is 6.09 Å². The SMILES string of the molecule is CC(C)(C)OC(=O)N1CCC(C(C#N)C2CC2)CC1. The van der Waals surface area contributed by atoms with Gasteiger partial charge in [0.15, 0.2) is 0 Å². The minimum Gasteiger partial charge on any atom is -0.444 e. The molecule has 2 rings (SSSR count). The maximum atomic E-state index is 11.9. The first kappa shape index (κ1) is 14.2. The largest absolute Gasteiger partial charge is 0.444 e. The van der Waals surface area contributed by atoms with Gasteiger partial charge in [-0.05, 0) is 58.3 Å². The molecule has 0 aromatic carbocycles. The second-order valence-corrected chi connectivity index (χ2v) is 6.80. The molecular formula is C15H24N2O2. The van der Waals surface area contributed by atoms with Crippen LogP contribution in [0.4, 0.5) is 4.79 Å². The van der Waals surface area contributed by atoms with Crippen LogP contribution in [0.2, 0.25) is 0 Å². The van der Waals surface area contributed by atoms with Gasteiger partial charge < -0.3 is 9.64 Å². The summed E-state index contributed by atoms with van der Waals surface area (Å²) in [6.07, 6.45) is 4.09. The normalized spacial score (nSPS) is 22.7. The van der Waals surface area contributed by atoms with E-state index in [-0.39, 0.29) is 12.0 Å². The molecule has 0 aromatic rings. The van der Waals surface area contributed by atoms with Crippen LogP contribution in [0.25, 0.3) is 0 Å². The van der Waals surface area contributed by atoms with E-state index in [4.69, 9.17) is 4.74 Å². The minimum atomic E-state index is -0.433. The highest BCUT2D eigenvalue weighted by Gasteiger charge is 2.38. The fourth-order valence-corrected chi connectivity index (χ4v) is 2.82. The van der Waals surface area contributed by atoms with Crippen LogP contribution in [0.15, 0.2) is 0 Å². The van der Waals surface area contributed by atoms with Crippen LogP contribution >= 0.6 is 0 Å². The molecule has 1 unspecified atom stereocenters. The molecule has 0 radical (unpaired) electrons. The van der Waals surface area contributed by atoms with E-state index < -0.39 is 5.60 Å². The molecule has 106 valence electrons. The molecule has 19 heavy (non-hydrogen) atoms. The Kier molecular flexibility index (Phi) is 4.03. The van der Waals surface area contributed by atoms with Crippen molar-refractivity contribution in [2.75, 3.05) is 13.1 Å². The second kappa shape index (κ2) is 5.40. The number of amides is 1. The Hall–Kier alpha value is -1.24. The van der Waals surface area contributed by atoms with Crippen molar-refractivity contribution in [3.8, 4) is 6.07 Å². The monoisotopic (exact) mass is 264 g/mol. The lowest BCUT2D eigenvalue weighted by atomic mass is 9.82. The Morgan fingerprint density at radius 3 is 2.16 bits per heavy atom. The van der Waals surface area contributed by atoms with Crippen LogP contribution < -0.4 is 0 Å². The highest BCUT2D eigenvalue weighted by atomic mass is 16.6. The molecule has 0 N–H and O–H groups in total. The first-order valence-corrected chi connectivity index (χ1v) is 7.28. The van der Waals surface area contributed by atoms with Crippen molar-refractivity contribution in [1.29, 1.82) is 5.26 Å². The smallest absolute Gasteiger partial charge is 0.410 e. The summed E-state index contributed by atoms with van der Waals surface area (Å²) in [5.41, 5.74) is -0.433. The molecule has 0 spiro atoms. The summed E-state index contributed by atoms with van der Waals surface area (Å²) in [5, 5.41) is 9.26. The van der Waals surface area contributed by atoms with E-state index in [9.17, 15) is 10.1 Å². The summed E-state index contributed by atoms with van der Waals surface area (Å²) < 4.78 is 5.38. The van der Waals surface area contributed by atoms with E-state index in [0.29, 0.717) is 11.8 Å². The lowest BCUT2D eigenvalue weighted by Crippen LogP contribution is -2.42. The zero-order valence-corrected chi connectivity index (χ0v) is 12.2. The molecule has 4 nitrogen and oxygen atoms in total. The quantitative estimate of drug-likeness (QED) is 0.769. The molecule has 4 heteroatoms. The lowest BCUT2D eigenvalue weighted by Gasteiger charge is -2.35. The summed E-state index contributed by atoms with van der Waals surface area (Å²) in [6.45, 7) is 7.11. The number of carbonyl (C=O) groups excluding carboxylic acids is 1. The molecule has 1 amide bonds. The molecule has 2 aliphatic rings. The van der Waals surface area contributed by atoms with Gasteiger partial charge in [-0.15, -0.1) is 0 Å². The topological polar surface area (TPSA) is 53.3 Å². The van der Waals surface area contributed by atoms with Crippen LogP contribution in [0.3, 0.4) is 0 Å². The maximum absolute atomic E-state index is 11.9. The number of likely N-dealkylation sites (tertiary alicyclic amines) is 1. The second-order valence-electron chi connectivity index (χ2n) is 6.80. The Morgan fingerprint density at radius 2 is 1.74 bits per heavy atom. The third-order valence-corrected chi connectivity index (χ3v) is 3.98. The molecule has 1 saturated heterocycles. The fourth-order valence-electron chi connectivity index (χ4n) is 2.82. The van der Waals surface area contributed by atoms with E-state index in [1.54, 1.807) is 4.90 Å². The summed E-state index contributed by atoms with van der Waals surface area (Å²) in [4.78, 5) is 13.7. The zero-order chi connectivity index (χ0) is 14.0. The molecule has 1 heterocycles.